The molecule has 1 aromatic rings. The average molecular weight is 167 g/mol. The molecular formula is C9H17N3. The molecule has 0 aromatic carbocycles. The Labute approximate surface area is 73.6 Å². The molecule has 0 saturated heterocycles. The molecule has 0 bridgehead atoms. The predicted octanol–water partition coefficient (Wildman–Crippen LogP) is 1.70. The van der Waals surface area contributed by atoms with Gasteiger partial charge in [0.2, 0.25) is 0 Å². The molecule has 3 nitrogen and oxygen atoms in total. The minimum atomic E-state index is 0.496. The Hall–Kier alpha value is -0.830. The second kappa shape index (κ2) is 4.26. The zero-order valence-electron chi connectivity index (χ0n) is 7.83. The van der Waals surface area contributed by atoms with E-state index in [9.17, 15) is 0 Å². The van der Waals surface area contributed by atoms with Gasteiger partial charge in [-0.3, -0.25) is 4.68 Å². The molecule has 0 aliphatic carbocycles. The summed E-state index contributed by atoms with van der Waals surface area (Å²) < 4.78 is 1.99. The van der Waals surface area contributed by atoms with Gasteiger partial charge < -0.3 is 5.73 Å². The van der Waals surface area contributed by atoms with Crippen LogP contribution in [0.2, 0.25) is 0 Å². The Morgan fingerprint density at radius 2 is 2.42 bits per heavy atom. The zero-order chi connectivity index (χ0) is 8.97. The Morgan fingerprint density at radius 3 is 2.92 bits per heavy atom. The van der Waals surface area contributed by atoms with Crippen LogP contribution in [0.25, 0.3) is 0 Å². The molecule has 1 rings (SSSR count). The van der Waals surface area contributed by atoms with Gasteiger partial charge in [0.1, 0.15) is 0 Å². The topological polar surface area (TPSA) is 43.8 Å². The van der Waals surface area contributed by atoms with E-state index < -0.39 is 0 Å². The van der Waals surface area contributed by atoms with Gasteiger partial charge in [0.15, 0.2) is 0 Å². The lowest BCUT2D eigenvalue weighted by Crippen LogP contribution is -2.07. The van der Waals surface area contributed by atoms with Crippen LogP contribution in [0.15, 0.2) is 12.3 Å². The third-order valence-corrected chi connectivity index (χ3v) is 2.03. The summed E-state index contributed by atoms with van der Waals surface area (Å²) in [7, 11) is 0. The highest BCUT2D eigenvalue weighted by molar-refractivity contribution is 4.98. The van der Waals surface area contributed by atoms with Gasteiger partial charge in [-0.1, -0.05) is 13.3 Å². The minimum absolute atomic E-state index is 0.496. The third kappa shape index (κ3) is 2.08. The van der Waals surface area contributed by atoms with Crippen molar-refractivity contribution in [1.82, 2.24) is 9.78 Å². The summed E-state index contributed by atoms with van der Waals surface area (Å²) in [5, 5.41) is 4.34. The Morgan fingerprint density at radius 1 is 1.67 bits per heavy atom. The molecule has 0 amide bonds. The van der Waals surface area contributed by atoms with Crippen molar-refractivity contribution in [3.8, 4) is 0 Å². The van der Waals surface area contributed by atoms with Gasteiger partial charge in [-0.15, -0.1) is 0 Å². The van der Waals surface area contributed by atoms with Crippen molar-refractivity contribution in [2.45, 2.75) is 39.3 Å². The van der Waals surface area contributed by atoms with E-state index in [2.05, 4.69) is 18.9 Å². The first-order chi connectivity index (χ1) is 5.77. The van der Waals surface area contributed by atoms with E-state index in [4.69, 9.17) is 5.73 Å². The van der Waals surface area contributed by atoms with Gasteiger partial charge in [0.25, 0.3) is 0 Å². The van der Waals surface area contributed by atoms with Crippen molar-refractivity contribution >= 4 is 0 Å². The first-order valence-corrected chi connectivity index (χ1v) is 4.52. The maximum absolute atomic E-state index is 5.46. The van der Waals surface area contributed by atoms with E-state index in [0.717, 1.165) is 5.69 Å². The molecule has 12 heavy (non-hydrogen) atoms. The van der Waals surface area contributed by atoms with E-state index in [0.29, 0.717) is 12.6 Å². The first-order valence-electron chi connectivity index (χ1n) is 4.52. The summed E-state index contributed by atoms with van der Waals surface area (Å²) in [6.07, 6.45) is 4.37. The summed E-state index contributed by atoms with van der Waals surface area (Å²) in [6, 6.07) is 2.47. The van der Waals surface area contributed by atoms with Crippen LogP contribution in [0.3, 0.4) is 0 Å². The number of nitrogens with zero attached hydrogens (tertiary/aromatic N) is 2. The fourth-order valence-electron chi connectivity index (χ4n) is 1.28. The highest BCUT2D eigenvalue weighted by Gasteiger charge is 2.03. The summed E-state index contributed by atoms with van der Waals surface area (Å²) in [6.45, 7) is 4.90. The van der Waals surface area contributed by atoms with Crippen LogP contribution in [-0.4, -0.2) is 9.78 Å². The second-order valence-corrected chi connectivity index (χ2v) is 3.13. The number of rotatable bonds is 4. The van der Waals surface area contributed by atoms with Crippen LogP contribution in [0.5, 0.6) is 0 Å². The van der Waals surface area contributed by atoms with E-state index in [1.807, 2.05) is 16.9 Å². The van der Waals surface area contributed by atoms with Crippen LogP contribution < -0.4 is 5.73 Å². The molecule has 0 fully saturated rings. The average Bonchev–Trinajstić information content (AvgIpc) is 2.52. The molecule has 0 radical (unpaired) electrons. The maximum Gasteiger partial charge on any atom is 0.0760 e. The smallest absolute Gasteiger partial charge is 0.0760 e. The van der Waals surface area contributed by atoms with Gasteiger partial charge in [-0.25, -0.2) is 0 Å². The minimum Gasteiger partial charge on any atom is -0.325 e. The van der Waals surface area contributed by atoms with Crippen LogP contribution in [0.4, 0.5) is 0 Å². The van der Waals surface area contributed by atoms with Crippen LogP contribution in [-0.2, 0) is 6.54 Å². The van der Waals surface area contributed by atoms with Gasteiger partial charge in [0, 0.05) is 18.8 Å². The standard InChI is InChI=1S/C9H17N3/c1-3-4-8(2)12-6-5-9(7-10)11-12/h5-6,8H,3-4,7,10H2,1-2H3. The van der Waals surface area contributed by atoms with E-state index in [1.165, 1.54) is 12.8 Å². The van der Waals surface area contributed by atoms with Crippen LogP contribution in [0.1, 0.15) is 38.4 Å². The number of hydrogen-bond acceptors (Lipinski definition) is 2. The van der Waals surface area contributed by atoms with Crippen molar-refractivity contribution < 1.29 is 0 Å². The van der Waals surface area contributed by atoms with E-state index in [1.54, 1.807) is 0 Å². The Kier molecular flexibility index (Phi) is 3.29. The van der Waals surface area contributed by atoms with Crippen molar-refractivity contribution in [3.63, 3.8) is 0 Å². The van der Waals surface area contributed by atoms with Gasteiger partial charge in [0.05, 0.1) is 5.69 Å². The molecule has 1 atom stereocenters. The maximum atomic E-state index is 5.46. The molecule has 3 heteroatoms. The molecule has 68 valence electrons. The second-order valence-electron chi connectivity index (χ2n) is 3.13. The number of nitrogens with two attached hydrogens (primary N) is 1. The summed E-state index contributed by atoms with van der Waals surface area (Å²) >= 11 is 0. The van der Waals surface area contributed by atoms with Crippen molar-refractivity contribution in [1.29, 1.82) is 0 Å². The quantitative estimate of drug-likeness (QED) is 0.741. The summed E-state index contributed by atoms with van der Waals surface area (Å²) in [5.41, 5.74) is 6.43. The monoisotopic (exact) mass is 167 g/mol. The molecule has 1 heterocycles. The van der Waals surface area contributed by atoms with Gasteiger partial charge in [-0.05, 0) is 19.4 Å². The highest BCUT2D eigenvalue weighted by atomic mass is 15.3. The SMILES string of the molecule is CCCC(C)n1ccc(CN)n1. The van der Waals surface area contributed by atoms with E-state index in [-0.39, 0.29) is 0 Å². The molecule has 1 unspecified atom stereocenters. The summed E-state index contributed by atoms with van der Waals surface area (Å²) in [5.74, 6) is 0. The molecule has 0 aliphatic rings. The molecule has 0 spiro atoms. The van der Waals surface area contributed by atoms with Crippen molar-refractivity contribution in [3.05, 3.63) is 18.0 Å². The predicted molar refractivity (Wildman–Crippen MR) is 49.7 cm³/mol. The van der Waals surface area contributed by atoms with Crippen molar-refractivity contribution in [2.24, 2.45) is 5.73 Å². The molecular weight excluding hydrogens is 150 g/mol. The summed E-state index contributed by atoms with van der Waals surface area (Å²) in [4.78, 5) is 0. The fourth-order valence-corrected chi connectivity index (χ4v) is 1.28. The van der Waals surface area contributed by atoms with Crippen molar-refractivity contribution in [2.75, 3.05) is 0 Å². The zero-order valence-corrected chi connectivity index (χ0v) is 7.83. The molecule has 2 N–H and O–H groups in total. The lowest BCUT2D eigenvalue weighted by molar-refractivity contribution is 0.451. The van der Waals surface area contributed by atoms with Gasteiger partial charge in [-0.2, -0.15) is 5.10 Å². The molecule has 0 saturated carbocycles. The van der Waals surface area contributed by atoms with Crippen LogP contribution in [0, 0.1) is 0 Å². The lowest BCUT2D eigenvalue weighted by Gasteiger charge is -2.09. The molecule has 1 aromatic heterocycles. The van der Waals surface area contributed by atoms with Gasteiger partial charge >= 0.3 is 0 Å². The first kappa shape index (κ1) is 9.26. The Balaban J connectivity index is 2.61. The largest absolute Gasteiger partial charge is 0.325 e. The number of hydrogen-bond donors (Lipinski definition) is 1. The number of aromatic nitrogens is 2. The normalized spacial score (nSPS) is 13.2. The third-order valence-electron chi connectivity index (χ3n) is 2.03. The lowest BCUT2D eigenvalue weighted by atomic mass is 10.2. The van der Waals surface area contributed by atoms with Crippen LogP contribution >= 0.6 is 0 Å². The highest BCUT2D eigenvalue weighted by Crippen LogP contribution is 2.11. The van der Waals surface area contributed by atoms with E-state index >= 15 is 0 Å². The molecule has 0 aliphatic heterocycles. The Bertz CT molecular complexity index is 229. The fraction of sp³-hybridized carbons (Fsp3) is 0.667.